The van der Waals surface area contributed by atoms with Crippen LogP contribution in [0.2, 0.25) is 0 Å². The molecule has 1 aromatic carbocycles. The molecule has 1 atom stereocenters. The monoisotopic (exact) mass is 452 g/mol. The zero-order chi connectivity index (χ0) is 22.3. The van der Waals surface area contributed by atoms with Gasteiger partial charge < -0.3 is 4.57 Å². The highest BCUT2D eigenvalue weighted by Gasteiger charge is 2.54. The molecular weight excluding hydrogens is 416 g/mol. The first-order valence-electron chi connectivity index (χ1n) is 12.3. The maximum Gasteiger partial charge on any atom is 0.192 e. The van der Waals surface area contributed by atoms with Crippen LogP contribution in [-0.4, -0.2) is 45.3 Å². The van der Waals surface area contributed by atoms with Crippen molar-refractivity contribution in [1.29, 1.82) is 0 Å². The van der Waals surface area contributed by atoms with E-state index in [2.05, 4.69) is 64.9 Å². The summed E-state index contributed by atoms with van der Waals surface area (Å²) in [6, 6.07) is 10.7. The molecule has 0 saturated heterocycles. The van der Waals surface area contributed by atoms with E-state index in [9.17, 15) is 4.79 Å². The number of thioether (sulfide) groups is 1. The van der Waals surface area contributed by atoms with Crippen LogP contribution in [0, 0.1) is 23.2 Å². The Labute approximate surface area is 196 Å². The Kier molecular flexibility index (Phi) is 6.19. The third kappa shape index (κ3) is 4.16. The summed E-state index contributed by atoms with van der Waals surface area (Å²) < 4.78 is 2.24. The van der Waals surface area contributed by atoms with Crippen molar-refractivity contribution in [1.82, 2.24) is 19.7 Å². The average molecular weight is 453 g/mol. The molecule has 5 nitrogen and oxygen atoms in total. The Bertz CT molecular complexity index is 919. The van der Waals surface area contributed by atoms with Gasteiger partial charge in [-0.25, -0.2) is 0 Å². The van der Waals surface area contributed by atoms with E-state index in [1.165, 1.54) is 24.8 Å². The van der Waals surface area contributed by atoms with Gasteiger partial charge in [0.15, 0.2) is 11.0 Å². The normalized spacial score (nSPS) is 29.6. The van der Waals surface area contributed by atoms with E-state index in [0.29, 0.717) is 11.5 Å². The van der Waals surface area contributed by atoms with E-state index >= 15 is 0 Å². The van der Waals surface area contributed by atoms with E-state index in [1.807, 2.05) is 6.07 Å². The molecule has 0 amide bonds. The zero-order valence-corrected chi connectivity index (χ0v) is 20.5. The third-order valence-corrected chi connectivity index (χ3v) is 9.17. The van der Waals surface area contributed by atoms with Crippen molar-refractivity contribution in [2.24, 2.45) is 23.2 Å². The van der Waals surface area contributed by atoms with Gasteiger partial charge in [-0.1, -0.05) is 49.0 Å². The number of hydrogen-bond donors (Lipinski definition) is 0. The van der Waals surface area contributed by atoms with E-state index in [-0.39, 0.29) is 11.5 Å². The number of Topliss-reactive ketones (excluding diaryl/α,β-unsaturated/α-hetero) is 1. The van der Waals surface area contributed by atoms with Crippen LogP contribution in [0.15, 0.2) is 35.5 Å². The Morgan fingerprint density at radius 1 is 1.09 bits per heavy atom. The van der Waals surface area contributed by atoms with E-state index in [4.69, 9.17) is 0 Å². The SMILES string of the molecule is CC[C@H](c1nnc(SCC(=O)C23CC4CC(CC(C4)C2)C3)n1Cc1ccccc1)N(C)C. The summed E-state index contributed by atoms with van der Waals surface area (Å²) in [6.45, 7) is 2.93. The molecule has 4 aliphatic carbocycles. The smallest absolute Gasteiger partial charge is 0.192 e. The summed E-state index contributed by atoms with van der Waals surface area (Å²) in [5, 5.41) is 10.1. The fraction of sp³-hybridized carbons (Fsp3) is 0.654. The number of aromatic nitrogens is 3. The molecule has 0 unspecified atom stereocenters. The molecule has 0 N–H and O–H groups in total. The second-order valence-electron chi connectivity index (χ2n) is 10.7. The van der Waals surface area contributed by atoms with Gasteiger partial charge in [0.05, 0.1) is 18.3 Å². The van der Waals surface area contributed by atoms with E-state index in [1.54, 1.807) is 11.8 Å². The van der Waals surface area contributed by atoms with Gasteiger partial charge in [0.25, 0.3) is 0 Å². The molecule has 0 aliphatic heterocycles. The molecule has 0 radical (unpaired) electrons. The summed E-state index contributed by atoms with van der Waals surface area (Å²) in [7, 11) is 4.19. The Morgan fingerprint density at radius 3 is 2.28 bits per heavy atom. The van der Waals surface area contributed by atoms with E-state index in [0.717, 1.165) is 61.0 Å². The lowest BCUT2D eigenvalue weighted by molar-refractivity contribution is -0.141. The summed E-state index contributed by atoms with van der Waals surface area (Å²) in [6.07, 6.45) is 8.50. The summed E-state index contributed by atoms with van der Waals surface area (Å²) in [5.74, 6) is 4.39. The van der Waals surface area contributed by atoms with Crippen LogP contribution in [0.1, 0.15) is 69.3 Å². The van der Waals surface area contributed by atoms with Crippen LogP contribution in [0.3, 0.4) is 0 Å². The number of nitrogens with zero attached hydrogens (tertiary/aromatic N) is 4. The summed E-state index contributed by atoms with van der Waals surface area (Å²) >= 11 is 1.61. The number of rotatable bonds is 9. The fourth-order valence-electron chi connectivity index (χ4n) is 7.08. The molecule has 1 aromatic heterocycles. The average Bonchev–Trinajstić information content (AvgIpc) is 3.14. The highest BCUT2D eigenvalue weighted by Crippen LogP contribution is 2.60. The number of carbonyl (C=O) groups is 1. The zero-order valence-electron chi connectivity index (χ0n) is 19.7. The number of hydrogen-bond acceptors (Lipinski definition) is 5. The Morgan fingerprint density at radius 2 is 1.72 bits per heavy atom. The van der Waals surface area contributed by atoms with Crippen molar-refractivity contribution in [3.8, 4) is 0 Å². The molecule has 4 aliphatic rings. The quantitative estimate of drug-likeness (QED) is 0.489. The lowest BCUT2D eigenvalue weighted by atomic mass is 9.48. The minimum absolute atomic E-state index is 0.0373. The summed E-state index contributed by atoms with van der Waals surface area (Å²) in [4.78, 5) is 15.8. The van der Waals surface area contributed by atoms with Crippen LogP contribution in [0.5, 0.6) is 0 Å². The molecule has 4 saturated carbocycles. The molecule has 4 fully saturated rings. The van der Waals surface area contributed by atoms with Gasteiger partial charge in [0.1, 0.15) is 5.78 Å². The third-order valence-electron chi connectivity index (χ3n) is 8.20. The lowest BCUT2D eigenvalue weighted by Crippen LogP contribution is -2.50. The molecule has 6 rings (SSSR count). The highest BCUT2D eigenvalue weighted by molar-refractivity contribution is 7.99. The number of ketones is 1. The van der Waals surface area contributed by atoms with Crippen molar-refractivity contribution in [2.75, 3.05) is 19.8 Å². The van der Waals surface area contributed by atoms with Gasteiger partial charge in [-0.05, 0) is 82.4 Å². The van der Waals surface area contributed by atoms with Gasteiger partial charge in [0.2, 0.25) is 0 Å². The van der Waals surface area contributed by atoms with Gasteiger partial charge in [-0.15, -0.1) is 10.2 Å². The van der Waals surface area contributed by atoms with Gasteiger partial charge >= 0.3 is 0 Å². The van der Waals surface area contributed by atoms with Crippen molar-refractivity contribution >= 4 is 17.5 Å². The van der Waals surface area contributed by atoms with Crippen molar-refractivity contribution in [3.05, 3.63) is 41.7 Å². The van der Waals surface area contributed by atoms with Crippen LogP contribution < -0.4 is 0 Å². The standard InChI is InChI=1S/C26H36N4OS/c1-4-22(29(2)3)24-27-28-25(30(24)16-18-8-6-5-7-9-18)32-17-23(31)26-13-19-10-20(14-26)12-21(11-19)15-26/h5-9,19-22H,4,10-17H2,1-3H3/t19?,20?,21?,22-,26?/m1/s1. The Balaban J connectivity index is 1.36. The van der Waals surface area contributed by atoms with Crippen LogP contribution in [0.25, 0.3) is 0 Å². The minimum Gasteiger partial charge on any atom is -0.300 e. The van der Waals surface area contributed by atoms with Gasteiger partial charge in [-0.3, -0.25) is 9.69 Å². The van der Waals surface area contributed by atoms with E-state index < -0.39 is 0 Å². The first kappa shape index (κ1) is 22.1. The largest absolute Gasteiger partial charge is 0.300 e. The van der Waals surface area contributed by atoms with Crippen LogP contribution >= 0.6 is 11.8 Å². The Hall–Kier alpha value is -1.66. The van der Waals surface area contributed by atoms with Crippen molar-refractivity contribution in [2.45, 2.75) is 69.6 Å². The molecule has 172 valence electrons. The first-order chi connectivity index (χ1) is 15.5. The molecule has 6 heteroatoms. The molecular formula is C26H36N4OS. The molecule has 0 spiro atoms. The van der Waals surface area contributed by atoms with Crippen molar-refractivity contribution < 1.29 is 4.79 Å². The maximum atomic E-state index is 13.6. The maximum absolute atomic E-state index is 13.6. The second-order valence-corrected chi connectivity index (χ2v) is 11.7. The van der Waals surface area contributed by atoms with Gasteiger partial charge in [0, 0.05) is 5.41 Å². The molecule has 1 heterocycles. The van der Waals surface area contributed by atoms with Crippen LogP contribution in [0.4, 0.5) is 0 Å². The topological polar surface area (TPSA) is 51.0 Å². The predicted octanol–water partition coefficient (Wildman–Crippen LogP) is 5.22. The second kappa shape index (κ2) is 8.94. The lowest BCUT2D eigenvalue weighted by Gasteiger charge is -2.56. The first-order valence-corrected chi connectivity index (χ1v) is 13.3. The molecule has 2 aromatic rings. The fourth-order valence-corrected chi connectivity index (χ4v) is 8.06. The highest BCUT2D eigenvalue weighted by atomic mass is 32.2. The van der Waals surface area contributed by atoms with Gasteiger partial charge in [-0.2, -0.15) is 0 Å². The van der Waals surface area contributed by atoms with Crippen LogP contribution in [-0.2, 0) is 11.3 Å². The predicted molar refractivity (Wildman–Crippen MR) is 129 cm³/mol. The molecule has 4 bridgehead atoms. The minimum atomic E-state index is -0.0373. The summed E-state index contributed by atoms with van der Waals surface area (Å²) in [5.41, 5.74) is 1.20. The number of carbonyl (C=O) groups excluding carboxylic acids is 1. The van der Waals surface area contributed by atoms with Crippen molar-refractivity contribution in [3.63, 3.8) is 0 Å². The molecule has 32 heavy (non-hydrogen) atoms. The number of benzene rings is 1.